The zero-order chi connectivity index (χ0) is 22.0. The van der Waals surface area contributed by atoms with Crippen LogP contribution in [0.25, 0.3) is 17.1 Å². The molecule has 0 unspecified atom stereocenters. The second-order valence-electron chi connectivity index (χ2n) is 6.71. The summed E-state index contributed by atoms with van der Waals surface area (Å²) in [5.41, 5.74) is 2.65. The van der Waals surface area contributed by atoms with E-state index in [1.165, 1.54) is 0 Å². The highest BCUT2D eigenvalue weighted by molar-refractivity contribution is 6.41. The van der Waals surface area contributed by atoms with Crippen LogP contribution in [0.1, 0.15) is 27.6 Å². The maximum absolute atomic E-state index is 12.7. The molecule has 0 saturated carbocycles. The van der Waals surface area contributed by atoms with E-state index in [0.29, 0.717) is 22.0 Å². The number of ketones is 1. The highest BCUT2D eigenvalue weighted by atomic mass is 35.5. The fourth-order valence-corrected chi connectivity index (χ4v) is 3.23. The minimum atomic E-state index is -1.02. The van der Waals surface area contributed by atoms with Crippen molar-refractivity contribution in [2.24, 2.45) is 0 Å². The molecule has 0 atom stereocenters. The maximum Gasteiger partial charge on any atom is 0.380 e. The van der Waals surface area contributed by atoms with E-state index in [0.717, 1.165) is 5.69 Å². The molecule has 2 aromatic carbocycles. The van der Waals surface area contributed by atoms with Crippen LogP contribution in [0.15, 0.2) is 59.0 Å². The van der Waals surface area contributed by atoms with E-state index in [-0.39, 0.29) is 24.0 Å². The van der Waals surface area contributed by atoms with Crippen LogP contribution in [-0.2, 0) is 16.1 Å². The summed E-state index contributed by atoms with van der Waals surface area (Å²) in [6.45, 7) is 3.07. The third-order valence-electron chi connectivity index (χ3n) is 4.59. The smallest absolute Gasteiger partial charge is 0.380 e. The second-order valence-corrected chi connectivity index (χ2v) is 7.14. The molecule has 31 heavy (non-hydrogen) atoms. The van der Waals surface area contributed by atoms with E-state index < -0.39 is 11.8 Å². The molecule has 4 rings (SSSR count). The minimum absolute atomic E-state index is 0.0690. The van der Waals surface area contributed by atoms with Crippen LogP contribution in [0.4, 0.5) is 0 Å². The van der Waals surface area contributed by atoms with Gasteiger partial charge < -0.3 is 9.15 Å². The molecule has 0 aliphatic heterocycles. The van der Waals surface area contributed by atoms with Crippen LogP contribution in [-0.4, -0.2) is 31.7 Å². The van der Waals surface area contributed by atoms with Crippen molar-refractivity contribution >= 4 is 23.4 Å². The van der Waals surface area contributed by atoms with Crippen LogP contribution < -0.4 is 0 Å². The standard InChI is InChI=1S/C22H17ClN4O4/c1-13-19(14(2)27(26-13)17-6-4-3-5-7-17)20(28)22(29)30-12-18-24-25-21(31-18)15-8-10-16(23)11-9-15/h3-11H,12H2,1-2H3. The number of aryl methyl sites for hydroxylation is 1. The van der Waals surface area contributed by atoms with Crippen molar-refractivity contribution in [1.29, 1.82) is 0 Å². The van der Waals surface area contributed by atoms with E-state index in [9.17, 15) is 9.59 Å². The summed E-state index contributed by atoms with van der Waals surface area (Å²) in [6.07, 6.45) is 0. The van der Waals surface area contributed by atoms with Crippen LogP contribution >= 0.6 is 11.6 Å². The lowest BCUT2D eigenvalue weighted by Gasteiger charge is -2.05. The maximum atomic E-state index is 12.7. The Kier molecular flexibility index (Phi) is 5.64. The molecule has 9 heteroatoms. The summed E-state index contributed by atoms with van der Waals surface area (Å²) >= 11 is 5.87. The van der Waals surface area contributed by atoms with E-state index in [2.05, 4.69) is 15.3 Å². The van der Waals surface area contributed by atoms with Gasteiger partial charge in [-0.15, -0.1) is 10.2 Å². The fourth-order valence-electron chi connectivity index (χ4n) is 3.11. The summed E-state index contributed by atoms with van der Waals surface area (Å²) in [6, 6.07) is 16.2. The van der Waals surface area contributed by atoms with Crippen molar-refractivity contribution in [3.05, 3.63) is 82.5 Å². The predicted molar refractivity (Wildman–Crippen MR) is 112 cm³/mol. The normalized spacial score (nSPS) is 10.8. The average Bonchev–Trinajstić information content (AvgIpc) is 3.37. The molecule has 0 radical (unpaired) electrons. The van der Waals surface area contributed by atoms with Gasteiger partial charge in [-0.25, -0.2) is 9.48 Å². The number of Topliss-reactive ketones (excluding diaryl/α,β-unsaturated/α-hetero) is 1. The van der Waals surface area contributed by atoms with Crippen molar-refractivity contribution in [1.82, 2.24) is 20.0 Å². The van der Waals surface area contributed by atoms with Gasteiger partial charge in [-0.3, -0.25) is 4.79 Å². The van der Waals surface area contributed by atoms with Gasteiger partial charge in [-0.2, -0.15) is 5.10 Å². The number of halogens is 1. The lowest BCUT2D eigenvalue weighted by Crippen LogP contribution is -2.19. The molecular formula is C22H17ClN4O4. The van der Waals surface area contributed by atoms with E-state index in [1.807, 2.05) is 30.3 Å². The minimum Gasteiger partial charge on any atom is -0.450 e. The quantitative estimate of drug-likeness (QED) is 0.254. The number of aromatic nitrogens is 4. The van der Waals surface area contributed by atoms with Crippen LogP contribution in [0, 0.1) is 13.8 Å². The summed E-state index contributed by atoms with van der Waals surface area (Å²) in [4.78, 5) is 25.1. The number of nitrogens with zero attached hydrogens (tertiary/aromatic N) is 4. The zero-order valence-electron chi connectivity index (χ0n) is 16.7. The van der Waals surface area contributed by atoms with Gasteiger partial charge in [0.25, 0.3) is 11.7 Å². The number of rotatable bonds is 6. The second kappa shape index (κ2) is 8.53. The number of carbonyl (C=O) groups is 2. The lowest BCUT2D eigenvalue weighted by molar-refractivity contribution is -0.140. The molecule has 0 spiro atoms. The first-order chi connectivity index (χ1) is 14.9. The predicted octanol–water partition coefficient (Wildman–Crippen LogP) is 4.12. The van der Waals surface area contributed by atoms with Crippen LogP contribution in [0.2, 0.25) is 5.02 Å². The molecule has 0 aliphatic rings. The molecule has 0 bridgehead atoms. The highest BCUT2D eigenvalue weighted by Gasteiger charge is 2.27. The van der Waals surface area contributed by atoms with Gasteiger partial charge in [0.15, 0.2) is 6.61 Å². The zero-order valence-corrected chi connectivity index (χ0v) is 17.5. The third kappa shape index (κ3) is 4.24. The van der Waals surface area contributed by atoms with E-state index >= 15 is 0 Å². The Labute approximate surface area is 182 Å². The van der Waals surface area contributed by atoms with Crippen molar-refractivity contribution in [2.75, 3.05) is 0 Å². The molecule has 0 aliphatic carbocycles. The first kappa shape index (κ1) is 20.5. The van der Waals surface area contributed by atoms with Crippen LogP contribution in [0.5, 0.6) is 0 Å². The van der Waals surface area contributed by atoms with E-state index in [4.69, 9.17) is 20.8 Å². The van der Waals surface area contributed by atoms with Gasteiger partial charge in [0.05, 0.1) is 22.6 Å². The number of hydrogen-bond donors (Lipinski definition) is 0. The first-order valence-electron chi connectivity index (χ1n) is 9.35. The monoisotopic (exact) mass is 436 g/mol. The summed E-state index contributed by atoms with van der Waals surface area (Å²) in [5, 5.41) is 12.7. The number of ether oxygens (including phenoxy) is 1. The van der Waals surface area contributed by atoms with Gasteiger partial charge in [-0.05, 0) is 50.2 Å². The molecular weight excluding hydrogens is 420 g/mol. The summed E-state index contributed by atoms with van der Waals surface area (Å²) in [7, 11) is 0. The Morgan fingerprint density at radius 1 is 1.03 bits per heavy atom. The van der Waals surface area contributed by atoms with Crippen LogP contribution in [0.3, 0.4) is 0 Å². The molecule has 2 aromatic heterocycles. The number of carbonyl (C=O) groups excluding carboxylic acids is 2. The summed E-state index contributed by atoms with van der Waals surface area (Å²) < 4.78 is 12.2. The molecule has 0 fully saturated rings. The molecule has 156 valence electrons. The Morgan fingerprint density at radius 2 is 1.74 bits per heavy atom. The van der Waals surface area contributed by atoms with Crippen molar-refractivity contribution in [3.63, 3.8) is 0 Å². The van der Waals surface area contributed by atoms with Gasteiger partial charge in [0.1, 0.15) is 0 Å². The molecule has 4 aromatic rings. The van der Waals surface area contributed by atoms with Crippen molar-refractivity contribution in [3.8, 4) is 17.1 Å². The largest absolute Gasteiger partial charge is 0.450 e. The van der Waals surface area contributed by atoms with Gasteiger partial charge in [-0.1, -0.05) is 29.8 Å². The topological polar surface area (TPSA) is 100 Å². The number of para-hydroxylation sites is 1. The van der Waals surface area contributed by atoms with Crippen molar-refractivity contribution < 1.29 is 18.7 Å². The number of esters is 1. The Balaban J connectivity index is 1.46. The Bertz CT molecular complexity index is 1250. The van der Waals surface area contributed by atoms with Crippen molar-refractivity contribution in [2.45, 2.75) is 20.5 Å². The number of benzene rings is 2. The summed E-state index contributed by atoms with van der Waals surface area (Å²) in [5.74, 6) is -1.48. The molecule has 0 saturated heterocycles. The molecule has 0 amide bonds. The lowest BCUT2D eigenvalue weighted by atomic mass is 10.1. The molecule has 0 N–H and O–H groups in total. The van der Waals surface area contributed by atoms with E-state index in [1.54, 1.807) is 42.8 Å². The molecule has 8 nitrogen and oxygen atoms in total. The van der Waals surface area contributed by atoms with Gasteiger partial charge >= 0.3 is 5.97 Å². The number of hydrogen-bond acceptors (Lipinski definition) is 7. The first-order valence-corrected chi connectivity index (χ1v) is 9.73. The fraction of sp³-hybridized carbons (Fsp3) is 0.136. The van der Waals surface area contributed by atoms with Gasteiger partial charge in [0.2, 0.25) is 5.89 Å². The Hall–Kier alpha value is -3.78. The average molecular weight is 437 g/mol. The van der Waals surface area contributed by atoms with Gasteiger partial charge in [0, 0.05) is 10.6 Å². The Morgan fingerprint density at radius 3 is 2.45 bits per heavy atom. The third-order valence-corrected chi connectivity index (χ3v) is 4.84. The highest BCUT2D eigenvalue weighted by Crippen LogP contribution is 2.21. The SMILES string of the molecule is Cc1nn(-c2ccccc2)c(C)c1C(=O)C(=O)OCc1nnc(-c2ccc(Cl)cc2)o1. The molecule has 2 heterocycles.